The third-order valence-electron chi connectivity index (χ3n) is 2.65. The molecule has 0 atom stereocenters. The number of nitrogens with two attached hydrogens (primary N) is 1. The molecule has 3 aromatic rings. The predicted molar refractivity (Wildman–Crippen MR) is 72.5 cm³/mol. The van der Waals surface area contributed by atoms with Crippen molar-refractivity contribution in [2.75, 3.05) is 5.73 Å². The Hall–Kier alpha value is -2.28. The second-order valence-electron chi connectivity index (χ2n) is 4.03. The first kappa shape index (κ1) is 12.7. The van der Waals surface area contributed by atoms with Crippen molar-refractivity contribution in [3.63, 3.8) is 0 Å². The van der Waals surface area contributed by atoms with Gasteiger partial charge in [-0.2, -0.15) is 0 Å². The average molecular weight is 293 g/mol. The third-order valence-corrected chi connectivity index (χ3v) is 3.46. The second kappa shape index (κ2) is 5.01. The van der Waals surface area contributed by atoms with Crippen LogP contribution >= 0.6 is 11.3 Å². The van der Waals surface area contributed by atoms with Gasteiger partial charge in [0.1, 0.15) is 23.1 Å². The molecule has 0 aliphatic heterocycles. The highest BCUT2D eigenvalue weighted by Crippen LogP contribution is 2.24. The lowest BCUT2D eigenvalue weighted by atomic mass is 10.3. The maximum atomic E-state index is 13.4. The maximum absolute atomic E-state index is 13.4. The molecule has 0 aliphatic rings. The van der Waals surface area contributed by atoms with Gasteiger partial charge in [0.15, 0.2) is 17.4 Å². The van der Waals surface area contributed by atoms with Crippen molar-refractivity contribution in [2.45, 2.75) is 6.61 Å². The maximum Gasteiger partial charge on any atom is 0.169 e. The van der Waals surface area contributed by atoms with Crippen LogP contribution in [0.4, 0.5) is 14.6 Å². The molecule has 102 valence electrons. The third kappa shape index (κ3) is 2.39. The topological polar surface area (TPSA) is 61.0 Å². The van der Waals surface area contributed by atoms with E-state index in [0.29, 0.717) is 11.6 Å². The molecule has 1 aromatic carbocycles. The van der Waals surface area contributed by atoms with Crippen molar-refractivity contribution in [2.24, 2.45) is 0 Å². The van der Waals surface area contributed by atoms with E-state index in [-0.39, 0.29) is 12.4 Å². The Kier molecular flexibility index (Phi) is 3.19. The zero-order chi connectivity index (χ0) is 14.1. The van der Waals surface area contributed by atoms with E-state index in [0.717, 1.165) is 22.3 Å². The number of ether oxygens (including phenoxy) is 1. The molecule has 0 spiro atoms. The van der Waals surface area contributed by atoms with Crippen molar-refractivity contribution in [1.82, 2.24) is 9.97 Å². The van der Waals surface area contributed by atoms with Crippen LogP contribution in [0, 0.1) is 11.6 Å². The molecule has 0 radical (unpaired) electrons. The SMILES string of the molecule is Nc1nc(COc2ccc(F)cc2F)nc2sccc12. The zero-order valence-corrected chi connectivity index (χ0v) is 11.0. The normalized spacial score (nSPS) is 10.9. The average Bonchev–Trinajstić information content (AvgIpc) is 2.86. The number of benzene rings is 1. The molecule has 4 nitrogen and oxygen atoms in total. The first-order valence-electron chi connectivity index (χ1n) is 5.71. The standard InChI is InChI=1S/C13H9F2N3OS/c14-7-1-2-10(9(15)5-7)19-6-11-17-12(16)8-3-4-20-13(8)18-11/h1-5H,6H2,(H2,16,17,18). The molecule has 0 unspecified atom stereocenters. The van der Waals surface area contributed by atoms with Gasteiger partial charge in [0.05, 0.1) is 5.39 Å². The number of rotatable bonds is 3. The Labute approximate surface area is 116 Å². The molecule has 0 bridgehead atoms. The lowest BCUT2D eigenvalue weighted by Gasteiger charge is -2.07. The highest BCUT2D eigenvalue weighted by atomic mass is 32.1. The summed E-state index contributed by atoms with van der Waals surface area (Å²) in [5.74, 6) is -0.777. The number of anilines is 1. The fourth-order valence-corrected chi connectivity index (χ4v) is 2.51. The van der Waals surface area contributed by atoms with Gasteiger partial charge in [0.2, 0.25) is 0 Å². The number of halogens is 2. The first-order chi connectivity index (χ1) is 9.63. The fraction of sp³-hybridized carbons (Fsp3) is 0.0769. The summed E-state index contributed by atoms with van der Waals surface area (Å²) < 4.78 is 31.4. The van der Waals surface area contributed by atoms with Crippen molar-refractivity contribution in [1.29, 1.82) is 0 Å². The van der Waals surface area contributed by atoms with E-state index in [2.05, 4.69) is 9.97 Å². The van der Waals surface area contributed by atoms with Gasteiger partial charge in [-0.05, 0) is 23.6 Å². The Bertz CT molecular complexity index is 775. The predicted octanol–water partition coefficient (Wildman–Crippen LogP) is 3.13. The molecule has 3 rings (SSSR count). The number of aromatic nitrogens is 2. The fourth-order valence-electron chi connectivity index (χ4n) is 1.72. The molecule has 0 amide bonds. The molecular formula is C13H9F2N3OS. The minimum atomic E-state index is -0.768. The van der Waals surface area contributed by atoms with Crippen molar-refractivity contribution < 1.29 is 13.5 Å². The number of hydrogen-bond donors (Lipinski definition) is 1. The van der Waals surface area contributed by atoms with Gasteiger partial charge < -0.3 is 10.5 Å². The summed E-state index contributed by atoms with van der Waals surface area (Å²) >= 11 is 1.43. The van der Waals surface area contributed by atoms with Crippen LogP contribution in [-0.4, -0.2) is 9.97 Å². The minimum absolute atomic E-state index is 0.0411. The van der Waals surface area contributed by atoms with Crippen LogP contribution in [0.3, 0.4) is 0 Å². The van der Waals surface area contributed by atoms with Gasteiger partial charge in [-0.15, -0.1) is 11.3 Å². The van der Waals surface area contributed by atoms with Crippen LogP contribution in [-0.2, 0) is 6.61 Å². The van der Waals surface area contributed by atoms with Gasteiger partial charge in [-0.3, -0.25) is 0 Å². The molecule has 0 fully saturated rings. The van der Waals surface area contributed by atoms with Crippen LogP contribution in [0.25, 0.3) is 10.2 Å². The van der Waals surface area contributed by atoms with Crippen molar-refractivity contribution in [3.05, 3.63) is 47.1 Å². The summed E-state index contributed by atoms with van der Waals surface area (Å²) in [4.78, 5) is 9.10. The summed E-state index contributed by atoms with van der Waals surface area (Å²) in [7, 11) is 0. The highest BCUT2D eigenvalue weighted by Gasteiger charge is 2.09. The van der Waals surface area contributed by atoms with Crippen LogP contribution in [0.15, 0.2) is 29.6 Å². The van der Waals surface area contributed by atoms with Gasteiger partial charge in [0, 0.05) is 6.07 Å². The molecule has 0 aliphatic carbocycles. The van der Waals surface area contributed by atoms with E-state index < -0.39 is 11.6 Å². The van der Waals surface area contributed by atoms with E-state index >= 15 is 0 Å². The van der Waals surface area contributed by atoms with Gasteiger partial charge in [0.25, 0.3) is 0 Å². The molecule has 2 N–H and O–H groups in total. The van der Waals surface area contributed by atoms with E-state index in [1.54, 1.807) is 0 Å². The van der Waals surface area contributed by atoms with Crippen LogP contribution in [0.5, 0.6) is 5.75 Å². The van der Waals surface area contributed by atoms with Crippen LogP contribution < -0.4 is 10.5 Å². The highest BCUT2D eigenvalue weighted by molar-refractivity contribution is 7.16. The lowest BCUT2D eigenvalue weighted by Crippen LogP contribution is -2.05. The molecule has 20 heavy (non-hydrogen) atoms. The number of nitrogen functional groups attached to an aromatic ring is 1. The molecule has 0 saturated carbocycles. The lowest BCUT2D eigenvalue weighted by molar-refractivity contribution is 0.281. The van der Waals surface area contributed by atoms with Crippen molar-refractivity contribution >= 4 is 27.4 Å². The monoisotopic (exact) mass is 293 g/mol. The Morgan fingerprint density at radius 3 is 2.85 bits per heavy atom. The summed E-state index contributed by atoms with van der Waals surface area (Å²) in [6.07, 6.45) is 0. The number of hydrogen-bond acceptors (Lipinski definition) is 5. The molecule has 2 aromatic heterocycles. The Morgan fingerprint density at radius 2 is 2.05 bits per heavy atom. The molecule has 7 heteroatoms. The van der Waals surface area contributed by atoms with Crippen LogP contribution in [0.2, 0.25) is 0 Å². The number of thiophene rings is 1. The minimum Gasteiger partial charge on any atom is -0.483 e. The van der Waals surface area contributed by atoms with E-state index in [1.165, 1.54) is 17.4 Å². The second-order valence-corrected chi connectivity index (χ2v) is 4.92. The Balaban J connectivity index is 1.82. The van der Waals surface area contributed by atoms with E-state index in [1.807, 2.05) is 11.4 Å². The molecule has 2 heterocycles. The van der Waals surface area contributed by atoms with Crippen LogP contribution in [0.1, 0.15) is 5.82 Å². The first-order valence-corrected chi connectivity index (χ1v) is 6.59. The summed E-state index contributed by atoms with van der Waals surface area (Å²) in [6, 6.07) is 4.93. The van der Waals surface area contributed by atoms with Gasteiger partial charge in [-0.25, -0.2) is 18.7 Å². The molecule has 0 saturated heterocycles. The summed E-state index contributed by atoms with van der Waals surface area (Å²) in [5.41, 5.74) is 5.80. The molecular weight excluding hydrogens is 284 g/mol. The zero-order valence-electron chi connectivity index (χ0n) is 10.1. The summed E-state index contributed by atoms with van der Waals surface area (Å²) in [6.45, 7) is -0.0411. The van der Waals surface area contributed by atoms with Gasteiger partial charge in [-0.1, -0.05) is 0 Å². The van der Waals surface area contributed by atoms with E-state index in [4.69, 9.17) is 10.5 Å². The van der Waals surface area contributed by atoms with Crippen molar-refractivity contribution in [3.8, 4) is 5.75 Å². The summed E-state index contributed by atoms with van der Waals surface area (Å²) in [5, 5.41) is 2.65. The number of nitrogens with zero attached hydrogens (tertiary/aromatic N) is 2. The quantitative estimate of drug-likeness (QED) is 0.806. The Morgan fingerprint density at radius 1 is 1.20 bits per heavy atom. The number of fused-ring (bicyclic) bond motifs is 1. The van der Waals surface area contributed by atoms with Gasteiger partial charge >= 0.3 is 0 Å². The largest absolute Gasteiger partial charge is 0.483 e. The smallest absolute Gasteiger partial charge is 0.169 e. The van der Waals surface area contributed by atoms with E-state index in [9.17, 15) is 8.78 Å².